The lowest BCUT2D eigenvalue weighted by atomic mass is 9.88. The highest BCUT2D eigenvalue weighted by atomic mass is 28.4. The van der Waals surface area contributed by atoms with Gasteiger partial charge < -0.3 is 4.57 Å². The van der Waals surface area contributed by atoms with E-state index in [1.807, 2.05) is 18.2 Å². The summed E-state index contributed by atoms with van der Waals surface area (Å²) in [6.45, 7) is 105. The van der Waals surface area contributed by atoms with Gasteiger partial charge >= 0.3 is 0 Å². The second-order valence-corrected chi connectivity index (χ2v) is 125. The van der Waals surface area contributed by atoms with E-state index in [4.69, 9.17) is 24.9 Å². The summed E-state index contributed by atoms with van der Waals surface area (Å²) in [5.41, 5.74) is 18.7. The van der Waals surface area contributed by atoms with E-state index >= 15 is 0 Å². The minimum Gasteiger partial charge on any atom is -0.309 e. The largest absolute Gasteiger partial charge is 0.309 e. The van der Waals surface area contributed by atoms with Crippen molar-refractivity contribution in [3.05, 3.63) is 336 Å². The van der Waals surface area contributed by atoms with Gasteiger partial charge in [-0.05, 0) is 150 Å². The van der Waals surface area contributed by atoms with Crippen molar-refractivity contribution >= 4 is 205 Å². The van der Waals surface area contributed by atoms with E-state index in [2.05, 4.69) is 553 Å². The first kappa shape index (κ1) is 118. The summed E-state index contributed by atoms with van der Waals surface area (Å²) in [6, 6.07) is 100. The van der Waals surface area contributed by atoms with Crippen LogP contribution in [0.4, 0.5) is 4.39 Å². The molecule has 792 valence electrons. The highest BCUT2D eigenvalue weighted by molar-refractivity contribution is 6.99. The molecule has 0 bridgehead atoms. The van der Waals surface area contributed by atoms with Crippen molar-refractivity contribution in [1.29, 1.82) is 0 Å². The number of pyridine rings is 6. The smallest absolute Gasteiger partial charge is 0.220 e. The average Bonchev–Trinajstić information content (AvgIpc) is 1.62. The fourth-order valence-corrected chi connectivity index (χ4v) is 102. The van der Waals surface area contributed by atoms with Gasteiger partial charge in [0.15, 0.2) is 0 Å². The number of rotatable bonds is 20. The molecule has 0 aliphatic heterocycles. The molecule has 0 unspecified atom stereocenters. The zero-order valence-electron chi connectivity index (χ0n) is 100.0. The van der Waals surface area contributed by atoms with Gasteiger partial charge in [-0.25, -0.2) is 9.97 Å². The van der Waals surface area contributed by atoms with Crippen molar-refractivity contribution in [3.8, 4) is 11.5 Å². The zero-order chi connectivity index (χ0) is 111. The van der Waals surface area contributed by atoms with Gasteiger partial charge in [0.05, 0.1) is 130 Å². The van der Waals surface area contributed by atoms with Crippen LogP contribution in [-0.2, 0) is 10.8 Å². The van der Waals surface area contributed by atoms with Crippen LogP contribution in [-0.4, -0.2) is 136 Å². The lowest BCUT2D eigenvalue weighted by Gasteiger charge is -2.39. The van der Waals surface area contributed by atoms with Crippen LogP contribution in [0.15, 0.2) is 279 Å². The van der Waals surface area contributed by atoms with E-state index in [1.165, 1.54) is 143 Å². The Hall–Kier alpha value is -9.21. The summed E-state index contributed by atoms with van der Waals surface area (Å²) >= 11 is 0. The van der Waals surface area contributed by atoms with Crippen molar-refractivity contribution in [1.82, 2.24) is 39.0 Å². The standard InChI is InChI=1S/2C28H32N2Si2.2C20H33NSi2.C17H27NSi2.C16H24FNSi2/c1-31(2,3)28(32(4,5)6)25-17-15-20-19-21(16-18-24(20)29-25)30-26-13-9-7-11-22(26)23-12-8-10-14-27(23)30;1-31(2,3)28(32(4,5)6)24-19-20-13-7-8-14-21(20)27(29-24)30-25-17-11-9-15-22(25)23-16-10-12-18-26(23)30;1-20(2,3)17-14-15-12-10-11-13-16(15)18(21-17)19(22(4,5)6)23(7,8)9;1-20(2,3)18-16-13-11-10-12-15(16)14-17(21-18)19(22(4,5)6)23(7,8)9;1-13-15-11-9-8-10-14(15)12-16(18-13)17(19(2,3)4)20(5,6)7;1-19(2,3)16(20(4,5)6)14-11-12-9-7-8-10-13(12)15(17)18-14/h2*7-19,28H,1-6H3;2*10-14,19H,1-9H3;8-12,17H,1-7H3;7-11,16H,1-6H3. The van der Waals surface area contributed by atoms with Gasteiger partial charge in [0.25, 0.3) is 0 Å². The number of benzene rings is 10. The monoisotopic (exact) mass is 2200 g/mol. The van der Waals surface area contributed by atoms with Gasteiger partial charge in [-0.2, -0.15) is 4.39 Å². The Kier molecular flexibility index (Phi) is 34.7. The number of aryl methyl sites for hydroxylation is 1. The van der Waals surface area contributed by atoms with Crippen LogP contribution in [0.1, 0.15) is 124 Å². The molecule has 0 aliphatic rings. The van der Waals surface area contributed by atoms with Crippen LogP contribution in [0.2, 0.25) is 236 Å². The van der Waals surface area contributed by atoms with Crippen molar-refractivity contribution < 1.29 is 4.39 Å². The number of hydrogen-bond donors (Lipinski definition) is 0. The topological polar surface area (TPSA) is 87.2 Å². The maximum absolute atomic E-state index is 14.3. The molecule has 0 amide bonds. The van der Waals surface area contributed by atoms with Crippen molar-refractivity contribution in [3.63, 3.8) is 0 Å². The summed E-state index contributed by atoms with van der Waals surface area (Å²) in [5.74, 6) is 0.747. The van der Waals surface area contributed by atoms with E-state index < -0.39 is 96.9 Å². The van der Waals surface area contributed by atoms with Gasteiger partial charge in [-0.15, -0.1) is 0 Å². The van der Waals surface area contributed by atoms with Gasteiger partial charge in [0.1, 0.15) is 5.82 Å². The van der Waals surface area contributed by atoms with Crippen LogP contribution in [0, 0.1) is 12.9 Å². The predicted octanol–water partition coefficient (Wildman–Crippen LogP) is 39.7. The number of halogens is 1. The fraction of sp³-hybridized carbons (Fsp3) is 0.395. The zero-order valence-corrected chi connectivity index (χ0v) is 112. The molecule has 21 heteroatoms. The molecule has 8 aromatic heterocycles. The minimum absolute atomic E-state index is 0.0685. The molecule has 8 nitrogen and oxygen atoms in total. The Morgan fingerprint density at radius 3 is 0.880 bits per heavy atom. The molecule has 0 saturated heterocycles. The molecule has 0 atom stereocenters. The van der Waals surface area contributed by atoms with Crippen LogP contribution < -0.4 is 0 Å². The molecule has 150 heavy (non-hydrogen) atoms. The lowest BCUT2D eigenvalue weighted by Crippen LogP contribution is -2.47. The first-order valence-corrected chi connectivity index (χ1v) is 98.1. The molecule has 10 aromatic carbocycles. The summed E-state index contributed by atoms with van der Waals surface area (Å²) in [7, 11) is -16.5. The number of aromatic nitrogens is 8. The average molecular weight is 2200 g/mol. The SMILES string of the molecule is CC(C)(C)c1cc2ccccc2c(C([Si](C)(C)C)[Si](C)(C)C)n1.CC(C)(C)c1nc(C([Si](C)(C)C)[Si](C)(C)C)cc2ccccc12.C[Si](C)(C)C(c1cc2ccccc2c(-n2c3ccccc3c3ccccc32)n1)[Si](C)(C)C.C[Si](C)(C)C(c1cc2ccccc2c(F)n1)[Si](C)(C)C.C[Si](C)(C)C(c1ccc2cc(-n3c4ccccc4c4ccccc43)ccc2n1)[Si](C)(C)C.Cc1nc(C([Si](C)(C)C)[Si](C)(C)C)cc2ccccc12. The molecule has 0 fully saturated rings. The molecular formula is C129H181FN8Si12. The van der Waals surface area contributed by atoms with Gasteiger partial charge in [0.2, 0.25) is 5.95 Å². The first-order chi connectivity index (χ1) is 69.1. The van der Waals surface area contributed by atoms with Crippen molar-refractivity contribution in [2.45, 2.75) is 326 Å². The molecular weight excluding hydrogens is 2020 g/mol. The third-order valence-electron chi connectivity index (χ3n) is 29.9. The summed E-state index contributed by atoms with van der Waals surface area (Å²) < 4.78 is 19.1. The molecule has 18 rings (SSSR count). The third-order valence-corrected chi connectivity index (χ3v) is 85.3. The van der Waals surface area contributed by atoms with E-state index in [0.717, 1.165) is 22.4 Å². The molecule has 0 N–H and O–H groups in total. The maximum Gasteiger partial charge on any atom is 0.220 e. The summed E-state index contributed by atoms with van der Waals surface area (Å²) in [4.78, 5) is 30.6. The first-order valence-electron chi connectivity index (χ1n) is 55.1. The Morgan fingerprint density at radius 1 is 0.220 bits per heavy atom. The number of para-hydroxylation sites is 4. The van der Waals surface area contributed by atoms with Gasteiger partial charge in [-0.1, -0.05) is 471 Å². The molecule has 0 saturated carbocycles. The van der Waals surface area contributed by atoms with E-state index in [1.54, 1.807) is 6.07 Å². The van der Waals surface area contributed by atoms with E-state index in [0.29, 0.717) is 36.4 Å². The number of nitrogens with zero attached hydrogens (tertiary/aromatic N) is 8. The summed E-state index contributed by atoms with van der Waals surface area (Å²) in [5, 5.41) is 22.2. The van der Waals surface area contributed by atoms with E-state index in [-0.39, 0.29) is 16.8 Å². The summed E-state index contributed by atoms with van der Waals surface area (Å²) in [6.07, 6.45) is 0. The molecule has 0 aliphatic carbocycles. The van der Waals surface area contributed by atoms with Crippen LogP contribution in [0.5, 0.6) is 0 Å². The number of hydrogen-bond acceptors (Lipinski definition) is 6. The van der Waals surface area contributed by atoms with Gasteiger partial charge in [0, 0.05) is 116 Å². The third kappa shape index (κ3) is 27.1. The second kappa shape index (κ2) is 44.2. The molecule has 0 radical (unpaired) electrons. The van der Waals surface area contributed by atoms with Crippen LogP contribution in [0.25, 0.3) is 120 Å². The van der Waals surface area contributed by atoms with Crippen molar-refractivity contribution in [2.75, 3.05) is 0 Å². The van der Waals surface area contributed by atoms with Crippen LogP contribution in [0.3, 0.4) is 0 Å². The Bertz CT molecular complexity index is 7570. The Labute approximate surface area is 914 Å². The highest BCUT2D eigenvalue weighted by Gasteiger charge is 2.47. The normalized spacial score (nSPS) is 13.3. The second-order valence-electron chi connectivity index (χ2n) is 58.1. The highest BCUT2D eigenvalue weighted by Crippen LogP contribution is 2.47. The van der Waals surface area contributed by atoms with Crippen molar-refractivity contribution in [2.24, 2.45) is 0 Å². The van der Waals surface area contributed by atoms with Crippen LogP contribution >= 0.6 is 0 Å². The fourth-order valence-electron chi connectivity index (χ4n) is 27.0. The lowest BCUT2D eigenvalue weighted by molar-refractivity contribution is 0.567. The Morgan fingerprint density at radius 2 is 0.507 bits per heavy atom. The van der Waals surface area contributed by atoms with Gasteiger partial charge in [-0.3, -0.25) is 24.5 Å². The maximum atomic E-state index is 14.3. The predicted molar refractivity (Wildman–Crippen MR) is 698 cm³/mol. The quantitative estimate of drug-likeness (QED) is 0.0558. The number of fused-ring (bicyclic) bond motifs is 12. The van der Waals surface area contributed by atoms with E-state index in [9.17, 15) is 4.39 Å². The molecule has 18 aromatic rings. The molecule has 8 heterocycles. The Balaban J connectivity index is 0.000000152. The molecule has 0 spiro atoms. The minimum atomic E-state index is -1.48.